The van der Waals surface area contributed by atoms with E-state index in [2.05, 4.69) is 10.2 Å². The van der Waals surface area contributed by atoms with E-state index in [0.717, 1.165) is 11.1 Å². The fraction of sp³-hybridized carbons (Fsp3) is 0.214. The number of hydrogen-bond donors (Lipinski definition) is 2. The Kier molecular flexibility index (Phi) is 5.72. The van der Waals surface area contributed by atoms with E-state index < -0.39 is 21.9 Å². The van der Waals surface area contributed by atoms with Crippen LogP contribution in [-0.4, -0.2) is 52.1 Å². The number of aromatic nitrogens is 2. The summed E-state index contributed by atoms with van der Waals surface area (Å²) in [6.07, 6.45) is 0.381. The number of nitrogens with one attached hydrogen (secondary N) is 1. The molecule has 9 heteroatoms. The number of para-hydroxylation sites is 1. The largest absolute Gasteiger partial charge is 0.507 e. The zero-order valence-corrected chi connectivity index (χ0v) is 20.7. The Labute approximate surface area is 214 Å². The van der Waals surface area contributed by atoms with Crippen molar-refractivity contribution >= 4 is 15.7 Å². The molecule has 3 aromatic carbocycles. The zero-order chi connectivity index (χ0) is 25.6. The molecule has 2 unspecified atom stereocenters. The third-order valence-corrected chi connectivity index (χ3v) is 8.76. The minimum Gasteiger partial charge on any atom is -0.507 e. The first kappa shape index (κ1) is 23.3. The van der Waals surface area contributed by atoms with Crippen LogP contribution in [0.1, 0.15) is 39.6 Å². The molecule has 0 spiro atoms. The van der Waals surface area contributed by atoms with Gasteiger partial charge in [0.15, 0.2) is 9.84 Å². The van der Waals surface area contributed by atoms with Gasteiger partial charge in [-0.1, -0.05) is 54.6 Å². The van der Waals surface area contributed by atoms with Crippen LogP contribution in [0.25, 0.3) is 11.3 Å². The van der Waals surface area contributed by atoms with Crippen LogP contribution in [0.5, 0.6) is 11.5 Å². The van der Waals surface area contributed by atoms with Gasteiger partial charge < -0.3 is 14.7 Å². The highest BCUT2D eigenvalue weighted by molar-refractivity contribution is 7.91. The van der Waals surface area contributed by atoms with E-state index in [0.29, 0.717) is 41.3 Å². The summed E-state index contributed by atoms with van der Waals surface area (Å²) < 4.78 is 30.6. The monoisotopic (exact) mass is 515 g/mol. The van der Waals surface area contributed by atoms with E-state index in [1.54, 1.807) is 29.2 Å². The molecule has 1 fully saturated rings. The number of carbonyl (C=O) groups excluding carboxylic acids is 1. The number of aromatic amines is 1. The number of H-pyrrole nitrogens is 1. The first-order valence-corrected chi connectivity index (χ1v) is 13.9. The standard InChI is InChI=1S/C28H25N3O5S/c32-23-9-5-4-8-22(23)25-24-26(30-29-25)28(33)31(20-14-15-37(34,35)17-20)27(24)19-10-12-21(13-11-19)36-16-18-6-2-1-3-7-18/h1-13,20,27,32H,14-17H2,(H,29,30). The number of phenols is 1. The van der Waals surface area contributed by atoms with E-state index in [4.69, 9.17) is 4.74 Å². The lowest BCUT2D eigenvalue weighted by Gasteiger charge is -2.31. The fourth-order valence-electron chi connectivity index (χ4n) is 5.23. The molecule has 188 valence electrons. The van der Waals surface area contributed by atoms with Crippen molar-refractivity contribution in [3.63, 3.8) is 0 Å². The molecule has 1 saturated heterocycles. The molecule has 2 N–H and O–H groups in total. The second kappa shape index (κ2) is 9.08. The molecule has 6 rings (SSSR count). The van der Waals surface area contributed by atoms with Crippen molar-refractivity contribution in [1.82, 2.24) is 15.1 Å². The molecule has 2 aliphatic rings. The average molecular weight is 516 g/mol. The highest BCUT2D eigenvalue weighted by Crippen LogP contribution is 2.46. The number of fused-ring (bicyclic) bond motifs is 1. The minimum absolute atomic E-state index is 0.0505. The SMILES string of the molecule is O=C1c2[nH]nc(-c3ccccc3O)c2C(c2ccc(OCc3ccccc3)cc2)N1C1CCS(=O)(=O)C1. The lowest BCUT2D eigenvalue weighted by Crippen LogP contribution is -2.40. The van der Waals surface area contributed by atoms with Gasteiger partial charge in [-0.2, -0.15) is 5.10 Å². The number of hydrogen-bond acceptors (Lipinski definition) is 6. The number of aromatic hydroxyl groups is 1. The summed E-state index contributed by atoms with van der Waals surface area (Å²) in [4.78, 5) is 15.3. The van der Waals surface area contributed by atoms with Crippen molar-refractivity contribution < 1.29 is 23.1 Å². The predicted octanol–water partition coefficient (Wildman–Crippen LogP) is 4.09. The number of nitrogens with zero attached hydrogens (tertiary/aromatic N) is 2. The van der Waals surface area contributed by atoms with Crippen molar-refractivity contribution in [2.45, 2.75) is 25.1 Å². The Balaban J connectivity index is 1.39. The van der Waals surface area contributed by atoms with Crippen LogP contribution in [-0.2, 0) is 16.4 Å². The molecule has 3 heterocycles. The van der Waals surface area contributed by atoms with Gasteiger partial charge >= 0.3 is 0 Å². The molecular formula is C28H25N3O5S. The molecule has 0 bridgehead atoms. The van der Waals surface area contributed by atoms with E-state index in [-0.39, 0.29) is 23.2 Å². The second-order valence-corrected chi connectivity index (χ2v) is 11.6. The summed E-state index contributed by atoms with van der Waals surface area (Å²) in [5.41, 5.74) is 3.78. The summed E-state index contributed by atoms with van der Waals surface area (Å²) in [7, 11) is -3.22. The highest BCUT2D eigenvalue weighted by atomic mass is 32.2. The Bertz CT molecular complexity index is 1570. The third kappa shape index (κ3) is 4.25. The van der Waals surface area contributed by atoms with Gasteiger partial charge in [-0.15, -0.1) is 0 Å². The Morgan fingerprint density at radius 2 is 1.73 bits per heavy atom. The van der Waals surface area contributed by atoms with Crippen molar-refractivity contribution in [1.29, 1.82) is 0 Å². The van der Waals surface area contributed by atoms with E-state index >= 15 is 0 Å². The lowest BCUT2D eigenvalue weighted by atomic mass is 9.95. The van der Waals surface area contributed by atoms with Crippen LogP contribution in [0, 0.1) is 0 Å². The van der Waals surface area contributed by atoms with Crippen LogP contribution in [0.2, 0.25) is 0 Å². The van der Waals surface area contributed by atoms with Gasteiger partial charge in [0.05, 0.1) is 17.5 Å². The molecule has 37 heavy (non-hydrogen) atoms. The van der Waals surface area contributed by atoms with Crippen LogP contribution < -0.4 is 4.74 Å². The maximum Gasteiger partial charge on any atom is 0.273 e. The second-order valence-electron chi connectivity index (χ2n) is 9.39. The molecule has 0 aliphatic carbocycles. The predicted molar refractivity (Wildman–Crippen MR) is 138 cm³/mol. The van der Waals surface area contributed by atoms with Crippen molar-refractivity contribution in [2.75, 3.05) is 11.5 Å². The van der Waals surface area contributed by atoms with Crippen LogP contribution in [0.15, 0.2) is 78.9 Å². The van der Waals surface area contributed by atoms with Gasteiger partial charge in [-0.3, -0.25) is 9.89 Å². The summed E-state index contributed by atoms with van der Waals surface area (Å²) in [5, 5.41) is 17.8. The summed E-state index contributed by atoms with van der Waals surface area (Å²) in [6.45, 7) is 0.428. The fourth-order valence-corrected chi connectivity index (χ4v) is 6.94. The molecule has 1 amide bonds. The number of amides is 1. The number of benzene rings is 3. The van der Waals surface area contributed by atoms with Gasteiger partial charge in [0.1, 0.15) is 29.5 Å². The third-order valence-electron chi connectivity index (χ3n) is 7.01. The van der Waals surface area contributed by atoms with Gasteiger partial charge in [0.25, 0.3) is 5.91 Å². The topological polar surface area (TPSA) is 113 Å². The van der Waals surface area contributed by atoms with Gasteiger partial charge in [0, 0.05) is 17.2 Å². The Morgan fingerprint density at radius 3 is 2.43 bits per heavy atom. The van der Waals surface area contributed by atoms with E-state index in [9.17, 15) is 18.3 Å². The molecule has 4 aromatic rings. The number of rotatable bonds is 6. The van der Waals surface area contributed by atoms with Gasteiger partial charge in [0.2, 0.25) is 0 Å². The molecular weight excluding hydrogens is 490 g/mol. The number of ether oxygens (including phenoxy) is 1. The first-order valence-electron chi connectivity index (χ1n) is 12.1. The first-order chi connectivity index (χ1) is 17.9. The number of carbonyl (C=O) groups is 1. The van der Waals surface area contributed by atoms with E-state index in [1.165, 1.54) is 0 Å². The smallest absolute Gasteiger partial charge is 0.273 e. The summed E-state index contributed by atoms with van der Waals surface area (Å²) >= 11 is 0. The Morgan fingerprint density at radius 1 is 1.00 bits per heavy atom. The Hall–Kier alpha value is -4.11. The lowest BCUT2D eigenvalue weighted by molar-refractivity contribution is 0.0677. The van der Waals surface area contributed by atoms with Crippen molar-refractivity contribution in [3.05, 3.63) is 101 Å². The van der Waals surface area contributed by atoms with Crippen LogP contribution in [0.4, 0.5) is 0 Å². The maximum absolute atomic E-state index is 13.6. The average Bonchev–Trinajstić information content (AvgIpc) is 3.57. The number of phenolic OH excluding ortho intramolecular Hbond substituents is 1. The molecule has 0 saturated carbocycles. The molecule has 1 aromatic heterocycles. The molecule has 2 aliphatic heterocycles. The van der Waals surface area contributed by atoms with Crippen molar-refractivity contribution in [3.8, 4) is 22.8 Å². The zero-order valence-electron chi connectivity index (χ0n) is 19.9. The molecule has 2 atom stereocenters. The number of sulfone groups is 1. The minimum atomic E-state index is -3.22. The molecule has 0 radical (unpaired) electrons. The van der Waals surface area contributed by atoms with Crippen LogP contribution in [0.3, 0.4) is 0 Å². The van der Waals surface area contributed by atoms with E-state index in [1.807, 2.05) is 54.6 Å². The van der Waals surface area contributed by atoms with Crippen LogP contribution >= 0.6 is 0 Å². The van der Waals surface area contributed by atoms with Gasteiger partial charge in [-0.25, -0.2) is 8.42 Å². The maximum atomic E-state index is 13.6. The summed E-state index contributed by atoms with van der Waals surface area (Å²) in [5.74, 6) is 0.422. The highest BCUT2D eigenvalue weighted by Gasteiger charge is 2.48. The van der Waals surface area contributed by atoms with Crippen molar-refractivity contribution in [2.24, 2.45) is 0 Å². The normalized spacial score (nSPS) is 20.2. The quantitative estimate of drug-likeness (QED) is 0.400. The molecule has 8 nitrogen and oxygen atoms in total. The van der Waals surface area contributed by atoms with Gasteiger partial charge in [-0.05, 0) is 41.8 Å². The summed E-state index contributed by atoms with van der Waals surface area (Å²) in [6, 6.07) is 23.2.